The zero-order valence-corrected chi connectivity index (χ0v) is 12.2. The minimum atomic E-state index is -4.18. The first-order chi connectivity index (χ1) is 9.90. The maximum atomic E-state index is 12.8. The van der Waals surface area contributed by atoms with Crippen molar-refractivity contribution in [2.75, 3.05) is 6.61 Å². The van der Waals surface area contributed by atoms with Gasteiger partial charge in [0.25, 0.3) is 0 Å². The average molecular weight is 307 g/mol. The molecule has 0 spiro atoms. The minimum Gasteiger partial charge on any atom is -0.396 e. The van der Waals surface area contributed by atoms with Gasteiger partial charge < -0.3 is 10.4 Å². The third-order valence-corrected chi connectivity index (χ3v) is 4.96. The molecule has 2 aliphatic carbocycles. The number of halogens is 3. The molecule has 0 aromatic carbocycles. The van der Waals surface area contributed by atoms with Crippen molar-refractivity contribution in [3.05, 3.63) is 0 Å². The first-order valence-electron chi connectivity index (χ1n) is 7.88. The molecule has 2 N–H and O–H groups in total. The summed E-state index contributed by atoms with van der Waals surface area (Å²) in [6.07, 6.45) is 0.297. The Bertz CT molecular complexity index is 351. The monoisotopic (exact) mass is 307 g/mol. The van der Waals surface area contributed by atoms with Crippen LogP contribution < -0.4 is 5.32 Å². The van der Waals surface area contributed by atoms with Gasteiger partial charge >= 0.3 is 6.18 Å². The van der Waals surface area contributed by atoms with Crippen LogP contribution in [0.4, 0.5) is 13.2 Å². The number of amides is 1. The van der Waals surface area contributed by atoms with Crippen LogP contribution in [0.15, 0.2) is 0 Å². The van der Waals surface area contributed by atoms with Crippen LogP contribution in [0.25, 0.3) is 0 Å². The Kier molecular flexibility index (Phi) is 5.52. The molecule has 2 fully saturated rings. The second kappa shape index (κ2) is 6.99. The van der Waals surface area contributed by atoms with E-state index >= 15 is 0 Å². The van der Waals surface area contributed by atoms with Crippen molar-refractivity contribution in [2.45, 2.75) is 63.6 Å². The zero-order chi connectivity index (χ0) is 15.5. The maximum Gasteiger partial charge on any atom is 0.391 e. The molecule has 2 rings (SSSR count). The number of carbonyl (C=O) groups excluding carboxylic acids is 1. The molecule has 0 radical (unpaired) electrons. The van der Waals surface area contributed by atoms with Crippen LogP contribution in [0.2, 0.25) is 0 Å². The van der Waals surface area contributed by atoms with E-state index in [2.05, 4.69) is 5.32 Å². The van der Waals surface area contributed by atoms with Crippen LogP contribution >= 0.6 is 0 Å². The number of nitrogens with one attached hydrogen (secondary N) is 1. The fraction of sp³-hybridized carbons (Fsp3) is 0.933. The summed E-state index contributed by atoms with van der Waals surface area (Å²) in [5.74, 6) is -1.73. The number of aliphatic hydroxyl groups excluding tert-OH is 1. The highest BCUT2D eigenvalue weighted by atomic mass is 19.4. The predicted octanol–water partition coefficient (Wildman–Crippen LogP) is 3.02. The highest BCUT2D eigenvalue weighted by molar-refractivity contribution is 5.79. The number of hydrogen-bond donors (Lipinski definition) is 2. The molecular formula is C15H24F3NO2. The summed E-state index contributed by atoms with van der Waals surface area (Å²) >= 11 is 0. The molecule has 6 heteroatoms. The normalized spacial score (nSPS) is 34.5. The van der Waals surface area contributed by atoms with Gasteiger partial charge in [-0.15, -0.1) is 0 Å². The molecule has 122 valence electrons. The topological polar surface area (TPSA) is 49.3 Å². The number of rotatable bonds is 3. The van der Waals surface area contributed by atoms with Gasteiger partial charge in [0.05, 0.1) is 5.92 Å². The van der Waals surface area contributed by atoms with Crippen LogP contribution in [0.3, 0.4) is 0 Å². The fourth-order valence-corrected chi connectivity index (χ4v) is 3.53. The summed E-state index contributed by atoms with van der Waals surface area (Å²) in [6, 6.07) is 0.0616. The lowest BCUT2D eigenvalue weighted by Gasteiger charge is -2.32. The molecule has 2 aliphatic rings. The number of hydrogen-bond acceptors (Lipinski definition) is 2. The first kappa shape index (κ1) is 16.6. The van der Waals surface area contributed by atoms with E-state index in [9.17, 15) is 18.0 Å². The van der Waals surface area contributed by atoms with Gasteiger partial charge in [-0.05, 0) is 50.9 Å². The molecular weight excluding hydrogens is 283 g/mol. The fourth-order valence-electron chi connectivity index (χ4n) is 3.53. The smallest absolute Gasteiger partial charge is 0.391 e. The lowest BCUT2D eigenvalue weighted by atomic mass is 9.80. The van der Waals surface area contributed by atoms with Gasteiger partial charge in [-0.1, -0.05) is 6.42 Å². The summed E-state index contributed by atoms with van der Waals surface area (Å²) in [4.78, 5) is 12.2. The van der Waals surface area contributed by atoms with Gasteiger partial charge in [0.1, 0.15) is 0 Å². The standard InChI is InChI=1S/C15H24F3NO2/c16-15(17,18)12-3-1-2-11(8-12)14(21)19-13-6-4-10(9-20)5-7-13/h10-13,20H,1-9H2,(H,19,21). The molecule has 0 aliphatic heterocycles. The molecule has 2 unspecified atom stereocenters. The quantitative estimate of drug-likeness (QED) is 0.842. The summed E-state index contributed by atoms with van der Waals surface area (Å²) in [7, 11) is 0. The van der Waals surface area contributed by atoms with Gasteiger partial charge in [0.2, 0.25) is 5.91 Å². The van der Waals surface area contributed by atoms with E-state index < -0.39 is 18.0 Å². The van der Waals surface area contributed by atoms with Crippen molar-refractivity contribution in [3.8, 4) is 0 Å². The van der Waals surface area contributed by atoms with Gasteiger partial charge in [-0.3, -0.25) is 4.79 Å². The highest BCUT2D eigenvalue weighted by Gasteiger charge is 2.43. The summed E-state index contributed by atoms with van der Waals surface area (Å²) in [6.45, 7) is 0.177. The number of aliphatic hydroxyl groups is 1. The van der Waals surface area contributed by atoms with Crippen LogP contribution in [0, 0.1) is 17.8 Å². The highest BCUT2D eigenvalue weighted by Crippen LogP contribution is 2.40. The summed E-state index contributed by atoms with van der Waals surface area (Å²) in [5, 5.41) is 12.0. The van der Waals surface area contributed by atoms with Crippen molar-refractivity contribution in [2.24, 2.45) is 17.8 Å². The van der Waals surface area contributed by atoms with E-state index in [4.69, 9.17) is 5.11 Å². The lowest BCUT2D eigenvalue weighted by molar-refractivity contribution is -0.186. The van der Waals surface area contributed by atoms with Crippen LogP contribution in [-0.2, 0) is 4.79 Å². The molecule has 3 nitrogen and oxygen atoms in total. The number of alkyl halides is 3. The van der Waals surface area contributed by atoms with Crippen LogP contribution in [0.5, 0.6) is 0 Å². The Hall–Kier alpha value is -0.780. The van der Waals surface area contributed by atoms with Crippen molar-refractivity contribution < 1.29 is 23.1 Å². The van der Waals surface area contributed by atoms with E-state index in [1.165, 1.54) is 0 Å². The molecule has 1 amide bonds. The van der Waals surface area contributed by atoms with Gasteiger partial charge in [0, 0.05) is 18.6 Å². The average Bonchev–Trinajstić information content (AvgIpc) is 2.47. The van der Waals surface area contributed by atoms with Crippen molar-refractivity contribution in [3.63, 3.8) is 0 Å². The van der Waals surface area contributed by atoms with E-state index in [0.29, 0.717) is 18.8 Å². The predicted molar refractivity (Wildman–Crippen MR) is 72.5 cm³/mol. The van der Waals surface area contributed by atoms with Gasteiger partial charge in [-0.25, -0.2) is 0 Å². The largest absolute Gasteiger partial charge is 0.396 e. The molecule has 2 saturated carbocycles. The van der Waals surface area contributed by atoms with Crippen LogP contribution in [-0.4, -0.2) is 29.8 Å². The van der Waals surface area contributed by atoms with E-state index in [-0.39, 0.29) is 31.4 Å². The molecule has 2 atom stereocenters. The zero-order valence-electron chi connectivity index (χ0n) is 12.2. The Balaban J connectivity index is 1.80. The minimum absolute atomic E-state index is 0.0616. The third-order valence-electron chi connectivity index (χ3n) is 4.96. The molecule has 0 heterocycles. The lowest BCUT2D eigenvalue weighted by Crippen LogP contribution is -2.43. The van der Waals surface area contributed by atoms with Gasteiger partial charge in [0.15, 0.2) is 0 Å². The first-order valence-corrected chi connectivity index (χ1v) is 7.88. The van der Waals surface area contributed by atoms with Gasteiger partial charge in [-0.2, -0.15) is 13.2 Å². The Morgan fingerprint density at radius 2 is 1.76 bits per heavy atom. The van der Waals surface area contributed by atoms with Crippen molar-refractivity contribution in [1.82, 2.24) is 5.32 Å². The summed E-state index contributed by atoms with van der Waals surface area (Å²) in [5.41, 5.74) is 0. The van der Waals surface area contributed by atoms with E-state index in [1.54, 1.807) is 0 Å². The third kappa shape index (κ3) is 4.59. The second-order valence-corrected chi connectivity index (χ2v) is 6.51. The van der Waals surface area contributed by atoms with Crippen molar-refractivity contribution >= 4 is 5.91 Å². The Morgan fingerprint density at radius 1 is 1.10 bits per heavy atom. The molecule has 0 aromatic heterocycles. The van der Waals surface area contributed by atoms with E-state index in [0.717, 1.165) is 25.7 Å². The Morgan fingerprint density at radius 3 is 2.33 bits per heavy atom. The maximum absolute atomic E-state index is 12.8. The molecule has 0 saturated heterocycles. The Labute approximate surface area is 123 Å². The van der Waals surface area contributed by atoms with E-state index in [1.807, 2.05) is 0 Å². The second-order valence-electron chi connectivity index (χ2n) is 6.51. The molecule has 0 aromatic rings. The molecule has 21 heavy (non-hydrogen) atoms. The summed E-state index contributed by atoms with van der Waals surface area (Å²) < 4.78 is 38.3. The van der Waals surface area contributed by atoms with Crippen LogP contribution in [0.1, 0.15) is 51.4 Å². The number of carbonyl (C=O) groups is 1. The molecule has 0 bridgehead atoms. The SMILES string of the molecule is O=C(NC1CCC(CO)CC1)C1CCCC(C(F)(F)F)C1. The van der Waals surface area contributed by atoms with Crippen molar-refractivity contribution in [1.29, 1.82) is 0 Å².